The number of nitrogens with zero attached hydrogens (tertiary/aromatic N) is 1. The SMILES string of the molecule is O=C1S/C(=C\c2cccc(O)c2O)C(=O)N1Cc1cccc(Cl)c1Cl. The molecule has 0 radical (unpaired) electrons. The maximum atomic E-state index is 12.5. The van der Waals surface area contributed by atoms with Crippen molar-refractivity contribution >= 4 is 52.2 Å². The van der Waals surface area contributed by atoms with Crippen LogP contribution in [0.1, 0.15) is 11.1 Å². The number of carbonyl (C=O) groups is 2. The van der Waals surface area contributed by atoms with Gasteiger partial charge in [-0.3, -0.25) is 14.5 Å². The first-order valence-electron chi connectivity index (χ1n) is 7.07. The Bertz CT molecular complexity index is 914. The van der Waals surface area contributed by atoms with E-state index in [0.717, 1.165) is 16.7 Å². The highest BCUT2D eigenvalue weighted by Crippen LogP contribution is 2.37. The average Bonchev–Trinajstić information content (AvgIpc) is 2.83. The Kier molecular flexibility index (Phi) is 4.94. The Labute approximate surface area is 157 Å². The van der Waals surface area contributed by atoms with E-state index in [9.17, 15) is 19.8 Å². The average molecular weight is 396 g/mol. The molecule has 128 valence electrons. The van der Waals surface area contributed by atoms with Crippen molar-refractivity contribution in [2.45, 2.75) is 6.54 Å². The molecule has 0 atom stereocenters. The number of para-hydroxylation sites is 1. The molecule has 1 saturated heterocycles. The minimum Gasteiger partial charge on any atom is -0.504 e. The number of aromatic hydroxyl groups is 2. The van der Waals surface area contributed by atoms with Crippen molar-refractivity contribution in [1.82, 2.24) is 4.90 Å². The van der Waals surface area contributed by atoms with Crippen LogP contribution >= 0.6 is 35.0 Å². The van der Waals surface area contributed by atoms with Gasteiger partial charge in [-0.05, 0) is 35.5 Å². The molecule has 2 N–H and O–H groups in total. The summed E-state index contributed by atoms with van der Waals surface area (Å²) in [5.74, 6) is -1.17. The predicted molar refractivity (Wildman–Crippen MR) is 97.7 cm³/mol. The Hall–Kier alpha value is -2.15. The van der Waals surface area contributed by atoms with E-state index in [1.165, 1.54) is 24.3 Å². The molecule has 2 aromatic carbocycles. The third kappa shape index (κ3) is 3.46. The molecule has 0 saturated carbocycles. The zero-order valence-electron chi connectivity index (χ0n) is 12.6. The second-order valence-corrected chi connectivity index (χ2v) is 6.97. The van der Waals surface area contributed by atoms with E-state index < -0.39 is 11.1 Å². The lowest BCUT2D eigenvalue weighted by Crippen LogP contribution is -2.27. The molecule has 0 bridgehead atoms. The summed E-state index contributed by atoms with van der Waals surface area (Å²) in [6.45, 7) is -0.00653. The van der Waals surface area contributed by atoms with Crippen LogP contribution < -0.4 is 0 Å². The smallest absolute Gasteiger partial charge is 0.293 e. The summed E-state index contributed by atoms with van der Waals surface area (Å²) in [5.41, 5.74) is 0.796. The van der Waals surface area contributed by atoms with Gasteiger partial charge in [0.25, 0.3) is 11.1 Å². The lowest BCUT2D eigenvalue weighted by atomic mass is 10.1. The molecule has 2 aromatic rings. The van der Waals surface area contributed by atoms with Crippen LogP contribution in [-0.2, 0) is 11.3 Å². The monoisotopic (exact) mass is 395 g/mol. The largest absolute Gasteiger partial charge is 0.504 e. The number of thioether (sulfide) groups is 1. The van der Waals surface area contributed by atoms with Crippen LogP contribution in [0.5, 0.6) is 11.5 Å². The fourth-order valence-corrected chi connectivity index (χ4v) is 3.49. The molecule has 5 nitrogen and oxygen atoms in total. The van der Waals surface area contributed by atoms with Crippen molar-refractivity contribution in [3.05, 3.63) is 62.5 Å². The van der Waals surface area contributed by atoms with E-state index in [0.29, 0.717) is 10.6 Å². The number of carbonyl (C=O) groups excluding carboxylic acids is 2. The molecule has 8 heteroatoms. The molecule has 0 spiro atoms. The molecule has 3 rings (SSSR count). The second-order valence-electron chi connectivity index (χ2n) is 5.20. The zero-order valence-corrected chi connectivity index (χ0v) is 14.9. The molecule has 25 heavy (non-hydrogen) atoms. The maximum absolute atomic E-state index is 12.5. The highest BCUT2D eigenvalue weighted by atomic mass is 35.5. The number of benzene rings is 2. The number of hydrogen-bond donors (Lipinski definition) is 2. The Morgan fingerprint density at radius 3 is 2.56 bits per heavy atom. The molecule has 1 aliphatic rings. The third-order valence-electron chi connectivity index (χ3n) is 3.57. The van der Waals surface area contributed by atoms with Gasteiger partial charge in [0.05, 0.1) is 21.5 Å². The van der Waals surface area contributed by atoms with E-state index in [2.05, 4.69) is 0 Å². The van der Waals surface area contributed by atoms with Crippen LogP contribution in [0.15, 0.2) is 41.3 Å². The first-order chi connectivity index (χ1) is 11.9. The van der Waals surface area contributed by atoms with Crippen LogP contribution in [0.4, 0.5) is 4.79 Å². The molecule has 1 aliphatic heterocycles. The van der Waals surface area contributed by atoms with E-state index >= 15 is 0 Å². The summed E-state index contributed by atoms with van der Waals surface area (Å²) in [6.07, 6.45) is 1.36. The summed E-state index contributed by atoms with van der Waals surface area (Å²) in [4.78, 5) is 25.9. The molecular formula is C17H11Cl2NO4S. The van der Waals surface area contributed by atoms with Crippen LogP contribution in [0.3, 0.4) is 0 Å². The Morgan fingerprint density at radius 2 is 1.80 bits per heavy atom. The van der Waals surface area contributed by atoms with Gasteiger partial charge in [-0.2, -0.15) is 0 Å². The summed E-state index contributed by atoms with van der Waals surface area (Å²) in [7, 11) is 0. The van der Waals surface area contributed by atoms with Crippen molar-refractivity contribution in [2.75, 3.05) is 0 Å². The van der Waals surface area contributed by atoms with Crippen molar-refractivity contribution in [2.24, 2.45) is 0 Å². The van der Waals surface area contributed by atoms with Crippen LogP contribution in [0, 0.1) is 0 Å². The summed E-state index contributed by atoms with van der Waals surface area (Å²) >= 11 is 12.8. The lowest BCUT2D eigenvalue weighted by molar-refractivity contribution is -0.123. The number of halogens is 2. The Morgan fingerprint density at radius 1 is 1.08 bits per heavy atom. The molecule has 1 heterocycles. The maximum Gasteiger partial charge on any atom is 0.293 e. The van der Waals surface area contributed by atoms with Gasteiger partial charge in [0.2, 0.25) is 0 Å². The number of rotatable bonds is 3. The normalized spacial score (nSPS) is 16.1. The van der Waals surface area contributed by atoms with E-state index in [1.54, 1.807) is 18.2 Å². The summed E-state index contributed by atoms with van der Waals surface area (Å²) < 4.78 is 0. The fraction of sp³-hybridized carbons (Fsp3) is 0.0588. The van der Waals surface area contributed by atoms with Gasteiger partial charge in [0.15, 0.2) is 11.5 Å². The minimum atomic E-state index is -0.506. The molecule has 1 fully saturated rings. The summed E-state index contributed by atoms with van der Waals surface area (Å²) in [5, 5.41) is 19.5. The number of imide groups is 1. The fourth-order valence-electron chi connectivity index (χ4n) is 2.28. The topological polar surface area (TPSA) is 77.8 Å². The minimum absolute atomic E-state index is 0.00653. The van der Waals surface area contributed by atoms with Gasteiger partial charge in [-0.15, -0.1) is 0 Å². The van der Waals surface area contributed by atoms with E-state index in [1.807, 2.05) is 0 Å². The standard InChI is InChI=1S/C17H11Cl2NO4S/c18-11-5-1-4-10(14(11)19)8-20-16(23)13(25-17(20)24)7-9-3-2-6-12(21)15(9)22/h1-7,21-22H,8H2/b13-7-. The van der Waals surface area contributed by atoms with Crippen molar-refractivity contribution < 1.29 is 19.8 Å². The van der Waals surface area contributed by atoms with Gasteiger partial charge in [-0.1, -0.05) is 47.5 Å². The molecule has 0 unspecified atom stereocenters. The van der Waals surface area contributed by atoms with Gasteiger partial charge in [0, 0.05) is 5.56 Å². The zero-order chi connectivity index (χ0) is 18.1. The van der Waals surface area contributed by atoms with Gasteiger partial charge in [0.1, 0.15) is 0 Å². The van der Waals surface area contributed by atoms with E-state index in [-0.39, 0.29) is 33.5 Å². The Balaban J connectivity index is 1.89. The number of phenolic OH excluding ortho intramolecular Hbond substituents is 2. The van der Waals surface area contributed by atoms with Crippen molar-refractivity contribution in [1.29, 1.82) is 0 Å². The van der Waals surface area contributed by atoms with Crippen molar-refractivity contribution in [3.8, 4) is 11.5 Å². The van der Waals surface area contributed by atoms with E-state index in [4.69, 9.17) is 23.2 Å². The van der Waals surface area contributed by atoms with Crippen molar-refractivity contribution in [3.63, 3.8) is 0 Å². The highest BCUT2D eigenvalue weighted by molar-refractivity contribution is 8.18. The van der Waals surface area contributed by atoms with Gasteiger partial charge >= 0.3 is 0 Å². The van der Waals surface area contributed by atoms with Gasteiger partial charge < -0.3 is 10.2 Å². The molecule has 0 aliphatic carbocycles. The quantitative estimate of drug-likeness (QED) is 0.584. The highest BCUT2D eigenvalue weighted by Gasteiger charge is 2.35. The van der Waals surface area contributed by atoms with Crippen LogP contribution in [0.2, 0.25) is 10.0 Å². The predicted octanol–water partition coefficient (Wildman–Crippen LogP) is 4.64. The number of amides is 2. The van der Waals surface area contributed by atoms with Gasteiger partial charge in [-0.25, -0.2) is 0 Å². The number of phenols is 2. The molecule has 2 amide bonds. The first kappa shape index (κ1) is 17.7. The second kappa shape index (κ2) is 7.00. The molecule has 0 aromatic heterocycles. The first-order valence-corrected chi connectivity index (χ1v) is 8.65. The molecular weight excluding hydrogens is 385 g/mol. The third-order valence-corrected chi connectivity index (χ3v) is 5.33. The van der Waals surface area contributed by atoms with Crippen LogP contribution in [-0.4, -0.2) is 26.3 Å². The summed E-state index contributed by atoms with van der Waals surface area (Å²) in [6, 6.07) is 9.35. The number of hydrogen-bond acceptors (Lipinski definition) is 5. The van der Waals surface area contributed by atoms with Crippen LogP contribution in [0.25, 0.3) is 6.08 Å². The lowest BCUT2D eigenvalue weighted by Gasteiger charge is -2.14.